The van der Waals surface area contributed by atoms with Gasteiger partial charge in [0.2, 0.25) is 0 Å². The Hall–Kier alpha value is 0.310. The van der Waals surface area contributed by atoms with Crippen molar-refractivity contribution >= 4 is 11.8 Å². The number of aliphatic hydroxyl groups is 1. The quantitative estimate of drug-likeness (QED) is 0.735. The van der Waals surface area contributed by atoms with Crippen LogP contribution in [0.3, 0.4) is 0 Å². The molecule has 1 saturated heterocycles. The van der Waals surface area contributed by atoms with E-state index in [1.165, 1.54) is 18.6 Å². The van der Waals surface area contributed by atoms with Crippen molar-refractivity contribution in [1.82, 2.24) is 0 Å². The highest BCUT2D eigenvalue weighted by Crippen LogP contribution is 2.44. The van der Waals surface area contributed by atoms with Crippen LogP contribution in [-0.2, 0) is 0 Å². The summed E-state index contributed by atoms with van der Waals surface area (Å²) in [4.78, 5) is 0. The highest BCUT2D eigenvalue weighted by molar-refractivity contribution is 8.00. The summed E-state index contributed by atoms with van der Waals surface area (Å²) < 4.78 is 0.453. The normalized spacial score (nSPS) is 30.5. The zero-order valence-electron chi connectivity index (χ0n) is 8.34. The summed E-state index contributed by atoms with van der Waals surface area (Å²) in [7, 11) is 0. The van der Waals surface area contributed by atoms with Crippen LogP contribution in [0.15, 0.2) is 0 Å². The van der Waals surface area contributed by atoms with Crippen LogP contribution in [-0.4, -0.2) is 21.7 Å². The third-order valence-electron chi connectivity index (χ3n) is 2.86. The molecule has 1 aliphatic heterocycles. The van der Waals surface area contributed by atoms with Crippen LogP contribution in [0.5, 0.6) is 0 Å². The molecule has 0 amide bonds. The highest BCUT2D eigenvalue weighted by Gasteiger charge is 2.34. The molecule has 72 valence electrons. The molecule has 0 aromatic rings. The van der Waals surface area contributed by atoms with Crippen LogP contribution >= 0.6 is 11.8 Å². The molecule has 1 nitrogen and oxygen atoms in total. The molecule has 1 rings (SSSR count). The fourth-order valence-electron chi connectivity index (χ4n) is 1.86. The van der Waals surface area contributed by atoms with E-state index < -0.39 is 0 Å². The van der Waals surface area contributed by atoms with Gasteiger partial charge in [0.1, 0.15) is 0 Å². The maximum atomic E-state index is 9.18. The maximum Gasteiger partial charge on any atom is 0.0512 e. The van der Waals surface area contributed by atoms with E-state index in [1.54, 1.807) is 0 Å². The SMILES string of the molecule is CC(O)CCC1CCSC1(C)C. The standard InChI is InChI=1S/C10H20OS/c1-8(11)4-5-9-6-7-12-10(9,2)3/h8-9,11H,4-7H2,1-3H3. The minimum absolute atomic E-state index is 0.119. The van der Waals surface area contributed by atoms with Gasteiger partial charge in [-0.15, -0.1) is 0 Å². The molecule has 0 saturated carbocycles. The van der Waals surface area contributed by atoms with Gasteiger partial charge in [-0.2, -0.15) is 11.8 Å². The summed E-state index contributed by atoms with van der Waals surface area (Å²) in [6.07, 6.45) is 3.38. The van der Waals surface area contributed by atoms with Crippen molar-refractivity contribution in [2.24, 2.45) is 5.92 Å². The van der Waals surface area contributed by atoms with Crippen molar-refractivity contribution in [3.05, 3.63) is 0 Å². The zero-order valence-corrected chi connectivity index (χ0v) is 9.16. The van der Waals surface area contributed by atoms with Crippen LogP contribution in [0.4, 0.5) is 0 Å². The molecule has 0 radical (unpaired) electrons. The van der Waals surface area contributed by atoms with Crippen LogP contribution in [0, 0.1) is 5.92 Å². The van der Waals surface area contributed by atoms with E-state index in [0.717, 1.165) is 12.3 Å². The molecule has 2 unspecified atom stereocenters. The number of hydrogen-bond acceptors (Lipinski definition) is 2. The molecule has 1 fully saturated rings. The average molecular weight is 188 g/mol. The second-order valence-corrected chi connectivity index (χ2v) is 6.11. The smallest absolute Gasteiger partial charge is 0.0512 e. The summed E-state index contributed by atoms with van der Waals surface area (Å²) in [5.74, 6) is 2.12. The van der Waals surface area contributed by atoms with Gasteiger partial charge in [-0.3, -0.25) is 0 Å². The van der Waals surface area contributed by atoms with E-state index in [0.29, 0.717) is 4.75 Å². The zero-order chi connectivity index (χ0) is 9.19. The van der Waals surface area contributed by atoms with Gasteiger partial charge in [-0.05, 0) is 37.9 Å². The molecule has 1 N–H and O–H groups in total. The topological polar surface area (TPSA) is 20.2 Å². The van der Waals surface area contributed by atoms with Crippen molar-refractivity contribution < 1.29 is 5.11 Å². The summed E-state index contributed by atoms with van der Waals surface area (Å²) in [5.41, 5.74) is 0. The largest absolute Gasteiger partial charge is 0.393 e. The van der Waals surface area contributed by atoms with E-state index in [1.807, 2.05) is 6.92 Å². The first-order valence-electron chi connectivity index (χ1n) is 4.84. The Labute approximate surface area is 79.9 Å². The van der Waals surface area contributed by atoms with E-state index in [4.69, 9.17) is 0 Å². The lowest BCUT2D eigenvalue weighted by Gasteiger charge is -2.26. The Morgan fingerprint density at radius 2 is 2.25 bits per heavy atom. The van der Waals surface area contributed by atoms with E-state index in [2.05, 4.69) is 25.6 Å². The second-order valence-electron chi connectivity index (χ2n) is 4.36. The molecule has 2 atom stereocenters. The van der Waals surface area contributed by atoms with E-state index in [9.17, 15) is 5.11 Å². The Balaban J connectivity index is 2.32. The van der Waals surface area contributed by atoms with Gasteiger partial charge in [0, 0.05) is 4.75 Å². The number of hydrogen-bond donors (Lipinski definition) is 1. The molecule has 0 bridgehead atoms. The Bertz CT molecular complexity index is 143. The maximum absolute atomic E-state index is 9.18. The first-order chi connectivity index (χ1) is 5.52. The van der Waals surface area contributed by atoms with Crippen molar-refractivity contribution in [3.8, 4) is 0 Å². The number of thioether (sulfide) groups is 1. The van der Waals surface area contributed by atoms with Crippen molar-refractivity contribution in [2.45, 2.75) is 50.9 Å². The molecule has 12 heavy (non-hydrogen) atoms. The van der Waals surface area contributed by atoms with Crippen molar-refractivity contribution in [2.75, 3.05) is 5.75 Å². The summed E-state index contributed by atoms with van der Waals surface area (Å²) >= 11 is 2.08. The van der Waals surface area contributed by atoms with Gasteiger partial charge >= 0.3 is 0 Å². The first kappa shape index (κ1) is 10.4. The molecule has 0 aromatic heterocycles. The molecular weight excluding hydrogens is 168 g/mol. The predicted molar refractivity (Wildman–Crippen MR) is 55.6 cm³/mol. The van der Waals surface area contributed by atoms with Crippen LogP contribution < -0.4 is 0 Å². The summed E-state index contributed by atoms with van der Waals surface area (Å²) in [6, 6.07) is 0. The Morgan fingerprint density at radius 3 is 2.67 bits per heavy atom. The molecule has 0 aliphatic carbocycles. The minimum Gasteiger partial charge on any atom is -0.393 e. The van der Waals surface area contributed by atoms with Gasteiger partial charge in [0.05, 0.1) is 6.10 Å². The highest BCUT2D eigenvalue weighted by atomic mass is 32.2. The van der Waals surface area contributed by atoms with Gasteiger partial charge in [-0.1, -0.05) is 13.8 Å². The van der Waals surface area contributed by atoms with Gasteiger partial charge < -0.3 is 5.11 Å². The monoisotopic (exact) mass is 188 g/mol. The fourth-order valence-corrected chi connectivity index (χ4v) is 3.26. The average Bonchev–Trinajstić information content (AvgIpc) is 2.25. The Morgan fingerprint density at radius 1 is 1.58 bits per heavy atom. The fraction of sp³-hybridized carbons (Fsp3) is 1.00. The van der Waals surface area contributed by atoms with Gasteiger partial charge in [-0.25, -0.2) is 0 Å². The summed E-state index contributed by atoms with van der Waals surface area (Å²) in [6.45, 7) is 6.55. The number of aliphatic hydroxyl groups excluding tert-OH is 1. The molecule has 1 aliphatic rings. The number of rotatable bonds is 3. The molecule has 0 spiro atoms. The van der Waals surface area contributed by atoms with Crippen LogP contribution in [0.2, 0.25) is 0 Å². The molecule has 1 heterocycles. The van der Waals surface area contributed by atoms with E-state index >= 15 is 0 Å². The lowest BCUT2D eigenvalue weighted by atomic mass is 9.88. The second kappa shape index (κ2) is 4.01. The third kappa shape index (κ3) is 2.67. The third-order valence-corrected chi connectivity index (χ3v) is 4.37. The predicted octanol–water partition coefficient (Wildman–Crippen LogP) is 2.68. The van der Waals surface area contributed by atoms with Gasteiger partial charge in [0.25, 0.3) is 0 Å². The van der Waals surface area contributed by atoms with Crippen LogP contribution in [0.25, 0.3) is 0 Å². The van der Waals surface area contributed by atoms with Gasteiger partial charge in [0.15, 0.2) is 0 Å². The molecule has 0 aromatic carbocycles. The first-order valence-corrected chi connectivity index (χ1v) is 5.83. The molecular formula is C10H20OS. The Kier molecular flexibility index (Phi) is 3.47. The molecule has 2 heteroatoms. The lowest BCUT2D eigenvalue weighted by Crippen LogP contribution is -2.22. The minimum atomic E-state index is -0.119. The van der Waals surface area contributed by atoms with Crippen molar-refractivity contribution in [1.29, 1.82) is 0 Å². The van der Waals surface area contributed by atoms with Crippen LogP contribution in [0.1, 0.15) is 40.0 Å². The van der Waals surface area contributed by atoms with E-state index in [-0.39, 0.29) is 6.10 Å². The van der Waals surface area contributed by atoms with Crippen molar-refractivity contribution in [3.63, 3.8) is 0 Å². The summed E-state index contributed by atoms with van der Waals surface area (Å²) in [5, 5.41) is 9.18. The lowest BCUT2D eigenvalue weighted by molar-refractivity contribution is 0.170.